The fourth-order valence-electron chi connectivity index (χ4n) is 3.98. The van der Waals surface area contributed by atoms with Gasteiger partial charge in [-0.15, -0.1) is 0 Å². The number of nitrogens with one attached hydrogen (secondary N) is 1. The fourth-order valence-corrected chi connectivity index (χ4v) is 3.98. The molecule has 1 atom stereocenters. The summed E-state index contributed by atoms with van der Waals surface area (Å²) in [6.07, 6.45) is 7.77. The number of nitrogens with zero attached hydrogens (tertiary/aromatic N) is 1. The summed E-state index contributed by atoms with van der Waals surface area (Å²) in [4.78, 5) is 2.44. The quantitative estimate of drug-likeness (QED) is 0.829. The lowest BCUT2D eigenvalue weighted by Gasteiger charge is -2.37. The van der Waals surface area contributed by atoms with Crippen molar-refractivity contribution in [3.63, 3.8) is 0 Å². The van der Waals surface area contributed by atoms with Gasteiger partial charge in [0.1, 0.15) is 0 Å². The lowest BCUT2D eigenvalue weighted by molar-refractivity contribution is 0.149. The van der Waals surface area contributed by atoms with Crippen LogP contribution < -0.4 is 11.1 Å². The van der Waals surface area contributed by atoms with Gasteiger partial charge in [0, 0.05) is 23.8 Å². The van der Waals surface area contributed by atoms with Crippen LogP contribution in [0.25, 0.3) is 0 Å². The van der Waals surface area contributed by atoms with E-state index in [-0.39, 0.29) is 0 Å². The first-order valence-corrected chi connectivity index (χ1v) is 7.90. The van der Waals surface area contributed by atoms with Gasteiger partial charge in [-0.2, -0.15) is 0 Å². The molecule has 0 saturated heterocycles. The van der Waals surface area contributed by atoms with Gasteiger partial charge in [-0.25, -0.2) is 0 Å². The van der Waals surface area contributed by atoms with Gasteiger partial charge in [0.25, 0.3) is 0 Å². The summed E-state index contributed by atoms with van der Waals surface area (Å²) in [6.45, 7) is 1.11. The number of anilines is 1. The molecule has 110 valence electrons. The molecule has 1 aromatic rings. The minimum Gasteiger partial charge on any atom is -0.399 e. The minimum atomic E-state index is 0.372. The molecule has 0 aromatic heterocycles. The van der Waals surface area contributed by atoms with Crippen LogP contribution in [0.4, 0.5) is 5.69 Å². The zero-order chi connectivity index (χ0) is 14.2. The van der Waals surface area contributed by atoms with E-state index < -0.39 is 0 Å². The Morgan fingerprint density at radius 1 is 1.30 bits per heavy atom. The van der Waals surface area contributed by atoms with Crippen molar-refractivity contribution in [2.75, 3.05) is 26.4 Å². The van der Waals surface area contributed by atoms with E-state index in [0.29, 0.717) is 11.6 Å². The summed E-state index contributed by atoms with van der Waals surface area (Å²) < 4.78 is 0. The van der Waals surface area contributed by atoms with E-state index in [1.807, 2.05) is 6.07 Å². The standard InChI is InChI=1S/C17H27N3/c1-20(2)17(9-3-4-10-17)12-19-16-8-5-13-11-14(18)6-7-15(13)16/h6-7,11,16,19H,3-5,8-10,12,18H2,1-2H3. The normalized spacial score (nSPS) is 24.2. The first-order chi connectivity index (χ1) is 9.61. The summed E-state index contributed by atoms with van der Waals surface area (Å²) in [5.41, 5.74) is 10.1. The van der Waals surface area contributed by atoms with Crippen molar-refractivity contribution in [2.24, 2.45) is 0 Å². The number of hydrogen-bond acceptors (Lipinski definition) is 3. The summed E-state index contributed by atoms with van der Waals surface area (Å²) in [5, 5.41) is 3.84. The van der Waals surface area contributed by atoms with E-state index in [1.165, 1.54) is 43.2 Å². The zero-order valence-corrected chi connectivity index (χ0v) is 12.8. The summed E-state index contributed by atoms with van der Waals surface area (Å²) in [5.74, 6) is 0. The number of rotatable bonds is 4. The largest absolute Gasteiger partial charge is 0.399 e. The molecule has 0 bridgehead atoms. The predicted octanol–water partition coefficient (Wildman–Crippen LogP) is 2.72. The molecule has 0 heterocycles. The van der Waals surface area contributed by atoms with Crippen molar-refractivity contribution in [2.45, 2.75) is 50.1 Å². The highest BCUT2D eigenvalue weighted by Gasteiger charge is 2.36. The van der Waals surface area contributed by atoms with E-state index in [4.69, 9.17) is 5.73 Å². The highest BCUT2D eigenvalue weighted by atomic mass is 15.2. The number of aryl methyl sites for hydroxylation is 1. The van der Waals surface area contributed by atoms with Gasteiger partial charge < -0.3 is 16.0 Å². The van der Waals surface area contributed by atoms with Crippen LogP contribution in [-0.4, -0.2) is 31.1 Å². The number of fused-ring (bicyclic) bond motifs is 1. The second-order valence-electron chi connectivity index (χ2n) is 6.76. The molecule has 3 heteroatoms. The van der Waals surface area contributed by atoms with Crippen LogP contribution in [0.1, 0.15) is 49.3 Å². The van der Waals surface area contributed by atoms with Crippen LogP contribution >= 0.6 is 0 Å². The highest BCUT2D eigenvalue weighted by Crippen LogP contribution is 2.36. The van der Waals surface area contributed by atoms with Gasteiger partial charge in [0.15, 0.2) is 0 Å². The van der Waals surface area contributed by atoms with Crippen LogP contribution in [0.5, 0.6) is 0 Å². The predicted molar refractivity (Wildman–Crippen MR) is 84.8 cm³/mol. The minimum absolute atomic E-state index is 0.372. The molecule has 3 rings (SSSR count). The third kappa shape index (κ3) is 2.45. The number of benzene rings is 1. The summed E-state index contributed by atoms with van der Waals surface area (Å²) >= 11 is 0. The Labute approximate surface area is 122 Å². The molecular formula is C17H27N3. The molecule has 1 fully saturated rings. The highest BCUT2D eigenvalue weighted by molar-refractivity contribution is 5.47. The Bertz CT molecular complexity index is 475. The average molecular weight is 273 g/mol. The monoisotopic (exact) mass is 273 g/mol. The van der Waals surface area contributed by atoms with E-state index in [0.717, 1.165) is 18.7 Å². The van der Waals surface area contributed by atoms with Crippen LogP contribution in [0.2, 0.25) is 0 Å². The smallest absolute Gasteiger partial charge is 0.0328 e. The van der Waals surface area contributed by atoms with Crippen molar-refractivity contribution in [1.29, 1.82) is 0 Å². The van der Waals surface area contributed by atoms with Gasteiger partial charge in [-0.05, 0) is 63.0 Å². The molecule has 0 spiro atoms. The summed E-state index contributed by atoms with van der Waals surface area (Å²) in [7, 11) is 4.46. The molecule has 2 aliphatic carbocycles. The Morgan fingerprint density at radius 3 is 2.75 bits per heavy atom. The lowest BCUT2D eigenvalue weighted by atomic mass is 9.95. The molecule has 0 amide bonds. The Hall–Kier alpha value is -1.06. The van der Waals surface area contributed by atoms with Crippen molar-refractivity contribution >= 4 is 5.69 Å². The van der Waals surface area contributed by atoms with Crippen LogP contribution in [-0.2, 0) is 6.42 Å². The first kappa shape index (κ1) is 13.9. The maximum absolute atomic E-state index is 5.88. The van der Waals surface area contributed by atoms with Gasteiger partial charge in [0.2, 0.25) is 0 Å². The zero-order valence-electron chi connectivity index (χ0n) is 12.8. The van der Waals surface area contributed by atoms with Gasteiger partial charge in [-0.1, -0.05) is 18.9 Å². The lowest BCUT2D eigenvalue weighted by Crippen LogP contribution is -2.50. The van der Waals surface area contributed by atoms with E-state index in [1.54, 1.807) is 0 Å². The number of hydrogen-bond donors (Lipinski definition) is 2. The van der Waals surface area contributed by atoms with Gasteiger partial charge in [0.05, 0.1) is 0 Å². The van der Waals surface area contributed by atoms with Crippen LogP contribution in [0, 0.1) is 0 Å². The molecule has 3 nitrogen and oxygen atoms in total. The molecule has 1 saturated carbocycles. The second kappa shape index (κ2) is 5.38. The second-order valence-corrected chi connectivity index (χ2v) is 6.76. The van der Waals surface area contributed by atoms with Crippen molar-refractivity contribution < 1.29 is 0 Å². The van der Waals surface area contributed by atoms with Gasteiger partial charge in [-0.3, -0.25) is 0 Å². The number of likely N-dealkylation sites (N-methyl/N-ethyl adjacent to an activating group) is 1. The molecule has 0 radical (unpaired) electrons. The fraction of sp³-hybridized carbons (Fsp3) is 0.647. The molecule has 0 aliphatic heterocycles. The molecule has 3 N–H and O–H groups in total. The third-order valence-corrected chi connectivity index (χ3v) is 5.41. The van der Waals surface area contributed by atoms with Crippen molar-refractivity contribution in [1.82, 2.24) is 10.2 Å². The average Bonchev–Trinajstić information content (AvgIpc) is 3.03. The molecule has 2 aliphatic rings. The van der Waals surface area contributed by atoms with Gasteiger partial charge >= 0.3 is 0 Å². The van der Waals surface area contributed by atoms with Crippen molar-refractivity contribution in [3.8, 4) is 0 Å². The van der Waals surface area contributed by atoms with E-state index in [9.17, 15) is 0 Å². The van der Waals surface area contributed by atoms with E-state index in [2.05, 4.69) is 36.4 Å². The Kier molecular flexibility index (Phi) is 3.74. The van der Waals surface area contributed by atoms with Crippen LogP contribution in [0.15, 0.2) is 18.2 Å². The number of nitrogen functional groups attached to an aromatic ring is 1. The summed E-state index contributed by atoms with van der Waals surface area (Å²) in [6, 6.07) is 6.92. The molecule has 20 heavy (non-hydrogen) atoms. The molecule has 1 unspecified atom stereocenters. The Balaban J connectivity index is 1.68. The Morgan fingerprint density at radius 2 is 2.05 bits per heavy atom. The maximum atomic E-state index is 5.88. The topological polar surface area (TPSA) is 41.3 Å². The first-order valence-electron chi connectivity index (χ1n) is 7.90. The van der Waals surface area contributed by atoms with Crippen molar-refractivity contribution in [3.05, 3.63) is 29.3 Å². The van der Waals surface area contributed by atoms with Crippen LogP contribution in [0.3, 0.4) is 0 Å². The SMILES string of the molecule is CN(C)C1(CNC2CCc3cc(N)ccc32)CCCC1. The third-order valence-electron chi connectivity index (χ3n) is 5.41. The number of nitrogens with two attached hydrogens (primary N) is 1. The molecular weight excluding hydrogens is 246 g/mol. The van der Waals surface area contributed by atoms with E-state index >= 15 is 0 Å². The molecule has 1 aromatic carbocycles. The maximum Gasteiger partial charge on any atom is 0.0328 e.